The minimum Gasteiger partial charge on any atom is -0.354 e. The smallest absolute Gasteiger partial charge is 0.0748 e. The molecule has 3 nitrogen and oxygen atoms in total. The Morgan fingerprint density at radius 3 is 2.37 bits per heavy atom. The third-order valence-electron chi connectivity index (χ3n) is 6.18. The van der Waals surface area contributed by atoms with Gasteiger partial charge < -0.3 is 4.98 Å². The minimum atomic E-state index is 1.07. The summed E-state index contributed by atoms with van der Waals surface area (Å²) in [5, 5.41) is 13.5. The fourth-order valence-electron chi connectivity index (χ4n) is 4.78. The molecule has 2 heterocycles. The molecule has 0 aliphatic rings. The summed E-state index contributed by atoms with van der Waals surface area (Å²) in [6.45, 7) is 0. The van der Waals surface area contributed by atoms with Crippen LogP contribution in [-0.4, -0.2) is 14.8 Å². The molecule has 5 aromatic carbocycles. The number of aromatic amines is 1. The van der Waals surface area contributed by atoms with Gasteiger partial charge in [0.25, 0.3) is 0 Å². The maximum atomic E-state index is 4.71. The van der Waals surface area contributed by atoms with Gasteiger partial charge in [0.1, 0.15) is 0 Å². The van der Waals surface area contributed by atoms with Crippen LogP contribution in [0.1, 0.15) is 0 Å². The van der Waals surface area contributed by atoms with E-state index in [9.17, 15) is 0 Å². The first-order chi connectivity index (χ1) is 14.9. The van der Waals surface area contributed by atoms with Crippen LogP contribution in [0.2, 0.25) is 0 Å². The first-order valence-corrected chi connectivity index (χ1v) is 10.2. The largest absolute Gasteiger partial charge is 0.354 e. The summed E-state index contributed by atoms with van der Waals surface area (Å²) in [7, 11) is 0. The van der Waals surface area contributed by atoms with E-state index in [1.165, 1.54) is 37.7 Å². The van der Waals surface area contributed by atoms with Crippen LogP contribution in [0.15, 0.2) is 97.2 Å². The number of nitrogens with zero attached hydrogens (tertiary/aromatic N) is 2. The lowest BCUT2D eigenvalue weighted by atomic mass is 9.99. The van der Waals surface area contributed by atoms with E-state index in [-0.39, 0.29) is 0 Å². The second-order valence-corrected chi connectivity index (χ2v) is 7.84. The fraction of sp³-hybridized carbons (Fsp3) is 0. The second-order valence-electron chi connectivity index (χ2n) is 7.84. The van der Waals surface area contributed by atoms with Crippen LogP contribution in [0.5, 0.6) is 0 Å². The van der Waals surface area contributed by atoms with E-state index in [1.54, 1.807) is 0 Å². The van der Waals surface area contributed by atoms with Crippen molar-refractivity contribution in [1.29, 1.82) is 0 Å². The molecule has 1 N–H and O–H groups in total. The van der Waals surface area contributed by atoms with Crippen LogP contribution in [0.3, 0.4) is 0 Å². The van der Waals surface area contributed by atoms with Gasteiger partial charge in [0, 0.05) is 27.2 Å². The summed E-state index contributed by atoms with van der Waals surface area (Å²) < 4.78 is 2.02. The van der Waals surface area contributed by atoms with Crippen molar-refractivity contribution in [1.82, 2.24) is 14.8 Å². The van der Waals surface area contributed by atoms with E-state index >= 15 is 0 Å². The normalized spacial score (nSPS) is 12.0. The number of hydrogen-bond donors (Lipinski definition) is 1. The van der Waals surface area contributed by atoms with E-state index in [0.717, 1.165) is 22.2 Å². The lowest BCUT2D eigenvalue weighted by molar-refractivity contribution is 0.911. The lowest BCUT2D eigenvalue weighted by Gasteiger charge is -2.05. The molecule has 140 valence electrons. The van der Waals surface area contributed by atoms with E-state index in [4.69, 9.17) is 5.10 Å². The molecule has 0 radical (unpaired) electrons. The van der Waals surface area contributed by atoms with Crippen LogP contribution in [0.4, 0.5) is 0 Å². The number of aromatic nitrogens is 3. The van der Waals surface area contributed by atoms with Gasteiger partial charge in [0.15, 0.2) is 0 Å². The van der Waals surface area contributed by atoms with Crippen molar-refractivity contribution >= 4 is 54.3 Å². The van der Waals surface area contributed by atoms with Crippen molar-refractivity contribution in [2.45, 2.75) is 0 Å². The molecule has 0 aliphatic heterocycles. The van der Waals surface area contributed by atoms with Gasteiger partial charge in [-0.25, -0.2) is 4.68 Å². The van der Waals surface area contributed by atoms with Crippen LogP contribution in [-0.2, 0) is 0 Å². The van der Waals surface area contributed by atoms with Gasteiger partial charge in [-0.3, -0.25) is 0 Å². The molecule has 7 aromatic rings. The second kappa shape index (κ2) is 5.71. The SMILES string of the molecule is c1ccc(-n2ncc3c4c(ccc32)[nH]c2cc3c(ccc5ccccc53)cc24)cc1. The zero-order chi connectivity index (χ0) is 19.7. The van der Waals surface area contributed by atoms with Crippen molar-refractivity contribution in [3.8, 4) is 5.69 Å². The van der Waals surface area contributed by atoms with Crippen molar-refractivity contribution < 1.29 is 0 Å². The quantitative estimate of drug-likeness (QED) is 0.305. The van der Waals surface area contributed by atoms with Gasteiger partial charge in [-0.15, -0.1) is 0 Å². The van der Waals surface area contributed by atoms with Crippen LogP contribution >= 0.6 is 0 Å². The third kappa shape index (κ3) is 2.06. The Hall–Kier alpha value is -4.11. The van der Waals surface area contributed by atoms with Gasteiger partial charge >= 0.3 is 0 Å². The molecule has 0 aliphatic carbocycles. The summed E-state index contributed by atoms with van der Waals surface area (Å²) in [5.74, 6) is 0. The van der Waals surface area contributed by atoms with Gasteiger partial charge in [-0.1, -0.05) is 54.6 Å². The summed E-state index contributed by atoms with van der Waals surface area (Å²) in [6.07, 6.45) is 1.99. The van der Waals surface area contributed by atoms with Crippen LogP contribution in [0.25, 0.3) is 59.9 Å². The molecule has 0 saturated heterocycles. The number of fused-ring (bicyclic) bond motifs is 8. The van der Waals surface area contributed by atoms with E-state index < -0.39 is 0 Å². The standard InChI is InChI=1S/C27H17N3/c1-2-7-19(8-3-1)30-26-13-12-24-27(23(26)16-28-30)22-14-18-11-10-17-6-4-5-9-20(17)21(18)15-25(22)29-24/h1-16,29H. The van der Waals surface area contributed by atoms with Crippen molar-refractivity contribution in [2.24, 2.45) is 0 Å². The van der Waals surface area contributed by atoms with Gasteiger partial charge in [0.05, 0.1) is 17.4 Å². The molecule has 0 amide bonds. The Bertz CT molecular complexity index is 1740. The number of nitrogens with one attached hydrogen (secondary N) is 1. The van der Waals surface area contributed by atoms with E-state index in [0.29, 0.717) is 0 Å². The summed E-state index contributed by atoms with van der Waals surface area (Å²) in [5.41, 5.74) is 4.50. The highest BCUT2D eigenvalue weighted by Gasteiger charge is 2.14. The molecule has 3 heteroatoms. The average molecular weight is 383 g/mol. The third-order valence-corrected chi connectivity index (χ3v) is 6.18. The number of rotatable bonds is 1. The topological polar surface area (TPSA) is 33.6 Å². The maximum Gasteiger partial charge on any atom is 0.0748 e. The molecule has 0 fully saturated rings. The fourth-order valence-corrected chi connectivity index (χ4v) is 4.78. The van der Waals surface area contributed by atoms with Crippen molar-refractivity contribution in [2.75, 3.05) is 0 Å². The molecular formula is C27H17N3. The van der Waals surface area contributed by atoms with Crippen molar-refractivity contribution in [3.63, 3.8) is 0 Å². The number of hydrogen-bond acceptors (Lipinski definition) is 1. The molecule has 0 unspecified atom stereocenters. The van der Waals surface area contributed by atoms with E-state index in [1.807, 2.05) is 29.1 Å². The van der Waals surface area contributed by atoms with Gasteiger partial charge in [-0.2, -0.15) is 5.10 Å². The maximum absolute atomic E-state index is 4.71. The summed E-state index contributed by atoms with van der Waals surface area (Å²) in [6, 6.07) is 32.2. The Morgan fingerprint density at radius 2 is 1.43 bits per heavy atom. The molecular weight excluding hydrogens is 366 g/mol. The highest BCUT2D eigenvalue weighted by Crippen LogP contribution is 2.36. The van der Waals surface area contributed by atoms with Crippen LogP contribution < -0.4 is 0 Å². The first kappa shape index (κ1) is 15.8. The number of benzene rings is 5. The minimum absolute atomic E-state index is 1.07. The average Bonchev–Trinajstić information content (AvgIpc) is 3.39. The van der Waals surface area contributed by atoms with Crippen molar-refractivity contribution in [3.05, 3.63) is 97.2 Å². The van der Waals surface area contributed by atoms with E-state index in [2.05, 4.69) is 77.8 Å². The Kier molecular flexibility index (Phi) is 3.00. The Labute approximate surface area is 172 Å². The zero-order valence-corrected chi connectivity index (χ0v) is 16.1. The molecule has 0 bridgehead atoms. The molecule has 2 aromatic heterocycles. The molecule has 0 spiro atoms. The number of para-hydroxylation sites is 1. The lowest BCUT2D eigenvalue weighted by Crippen LogP contribution is -1.94. The highest BCUT2D eigenvalue weighted by molar-refractivity contribution is 6.23. The Morgan fingerprint density at radius 1 is 0.600 bits per heavy atom. The molecule has 0 atom stereocenters. The molecule has 30 heavy (non-hydrogen) atoms. The molecule has 7 rings (SSSR count). The summed E-state index contributed by atoms with van der Waals surface area (Å²) in [4.78, 5) is 3.64. The Balaban J connectivity index is 1.59. The van der Waals surface area contributed by atoms with Gasteiger partial charge in [0.2, 0.25) is 0 Å². The van der Waals surface area contributed by atoms with Gasteiger partial charge in [-0.05, 0) is 57.9 Å². The predicted octanol–water partition coefficient (Wildman–Crippen LogP) is 6.97. The highest BCUT2D eigenvalue weighted by atomic mass is 15.3. The first-order valence-electron chi connectivity index (χ1n) is 10.2. The number of H-pyrrole nitrogens is 1. The zero-order valence-electron chi connectivity index (χ0n) is 16.1. The molecule has 0 saturated carbocycles. The monoisotopic (exact) mass is 383 g/mol. The predicted molar refractivity (Wildman–Crippen MR) is 125 cm³/mol. The summed E-state index contributed by atoms with van der Waals surface area (Å²) >= 11 is 0. The van der Waals surface area contributed by atoms with Crippen LogP contribution in [0, 0.1) is 0 Å².